The molecule has 0 aliphatic carbocycles. The SMILES string of the molecule is O=C(CO)NCc1ccc(O)cc1C(=O)O. The maximum Gasteiger partial charge on any atom is 0.336 e. The lowest BCUT2D eigenvalue weighted by Gasteiger charge is -2.07. The van der Waals surface area contributed by atoms with Crippen molar-refractivity contribution in [3.05, 3.63) is 29.3 Å². The molecule has 0 heterocycles. The highest BCUT2D eigenvalue weighted by Crippen LogP contribution is 2.16. The minimum absolute atomic E-state index is 0.0126. The van der Waals surface area contributed by atoms with E-state index in [9.17, 15) is 9.59 Å². The van der Waals surface area contributed by atoms with Crippen molar-refractivity contribution in [2.75, 3.05) is 6.61 Å². The molecule has 16 heavy (non-hydrogen) atoms. The first-order chi connectivity index (χ1) is 7.54. The summed E-state index contributed by atoms with van der Waals surface area (Å²) in [5, 5.41) is 28.8. The molecule has 0 saturated carbocycles. The zero-order valence-electron chi connectivity index (χ0n) is 8.30. The first-order valence-electron chi connectivity index (χ1n) is 4.47. The van der Waals surface area contributed by atoms with Gasteiger partial charge in [0, 0.05) is 6.54 Å². The summed E-state index contributed by atoms with van der Waals surface area (Å²) in [5.74, 6) is -1.94. The molecule has 0 aliphatic heterocycles. The van der Waals surface area contributed by atoms with E-state index < -0.39 is 18.5 Å². The molecule has 1 amide bonds. The van der Waals surface area contributed by atoms with Crippen LogP contribution in [0.3, 0.4) is 0 Å². The minimum atomic E-state index is -1.19. The Hall–Kier alpha value is -2.08. The molecule has 0 unspecified atom stereocenters. The number of carboxylic acids is 1. The monoisotopic (exact) mass is 225 g/mol. The van der Waals surface area contributed by atoms with Gasteiger partial charge >= 0.3 is 5.97 Å². The average Bonchev–Trinajstić information content (AvgIpc) is 2.26. The number of hydrogen-bond donors (Lipinski definition) is 4. The minimum Gasteiger partial charge on any atom is -0.508 e. The number of carboxylic acid groups (broad SMARTS) is 1. The van der Waals surface area contributed by atoms with Crippen LogP contribution in [0.15, 0.2) is 18.2 Å². The van der Waals surface area contributed by atoms with E-state index in [1.807, 2.05) is 0 Å². The molecule has 0 radical (unpaired) electrons. The predicted molar refractivity (Wildman–Crippen MR) is 54.0 cm³/mol. The van der Waals surface area contributed by atoms with Gasteiger partial charge in [-0.3, -0.25) is 4.79 Å². The highest BCUT2D eigenvalue weighted by atomic mass is 16.4. The predicted octanol–water partition coefficient (Wildman–Crippen LogP) is -0.301. The van der Waals surface area contributed by atoms with E-state index in [-0.39, 0.29) is 17.9 Å². The van der Waals surface area contributed by atoms with Gasteiger partial charge in [-0.05, 0) is 17.7 Å². The molecule has 0 saturated heterocycles. The number of benzene rings is 1. The van der Waals surface area contributed by atoms with Gasteiger partial charge < -0.3 is 20.6 Å². The number of amides is 1. The molecule has 1 aromatic carbocycles. The number of carbonyl (C=O) groups is 2. The number of aliphatic hydroxyl groups is 1. The highest BCUT2D eigenvalue weighted by molar-refractivity contribution is 5.90. The van der Waals surface area contributed by atoms with Crippen LogP contribution < -0.4 is 5.32 Å². The summed E-state index contributed by atoms with van der Waals surface area (Å²) < 4.78 is 0. The van der Waals surface area contributed by atoms with E-state index in [2.05, 4.69) is 5.32 Å². The molecule has 1 aromatic rings. The molecule has 0 aromatic heterocycles. The average molecular weight is 225 g/mol. The highest BCUT2D eigenvalue weighted by Gasteiger charge is 2.11. The summed E-state index contributed by atoms with van der Waals surface area (Å²) >= 11 is 0. The number of aromatic hydroxyl groups is 1. The summed E-state index contributed by atoms with van der Waals surface area (Å²) in [7, 11) is 0. The Morgan fingerprint density at radius 2 is 2.00 bits per heavy atom. The van der Waals surface area contributed by atoms with E-state index in [0.29, 0.717) is 5.56 Å². The van der Waals surface area contributed by atoms with Crippen molar-refractivity contribution in [2.45, 2.75) is 6.54 Å². The van der Waals surface area contributed by atoms with Crippen LogP contribution in [0.25, 0.3) is 0 Å². The van der Waals surface area contributed by atoms with Gasteiger partial charge in [0.25, 0.3) is 0 Å². The second kappa shape index (κ2) is 5.13. The van der Waals surface area contributed by atoms with Crippen molar-refractivity contribution >= 4 is 11.9 Å². The van der Waals surface area contributed by atoms with E-state index in [0.717, 1.165) is 6.07 Å². The Morgan fingerprint density at radius 3 is 2.56 bits per heavy atom. The van der Waals surface area contributed by atoms with Crippen LogP contribution in [0.1, 0.15) is 15.9 Å². The van der Waals surface area contributed by atoms with Crippen molar-refractivity contribution in [2.24, 2.45) is 0 Å². The summed E-state index contributed by atoms with van der Waals surface area (Å²) in [4.78, 5) is 21.6. The number of carbonyl (C=O) groups excluding carboxylic acids is 1. The van der Waals surface area contributed by atoms with Gasteiger partial charge in [0.15, 0.2) is 0 Å². The Labute approximate surface area is 91.1 Å². The molecule has 0 aliphatic rings. The molecular weight excluding hydrogens is 214 g/mol. The molecule has 6 heteroatoms. The quantitative estimate of drug-likeness (QED) is 0.562. The number of aliphatic hydroxyl groups excluding tert-OH is 1. The summed E-state index contributed by atoms with van der Waals surface area (Å²) in [5.41, 5.74) is 0.269. The maximum atomic E-state index is 10.8. The molecule has 0 spiro atoms. The Kier molecular flexibility index (Phi) is 3.84. The molecule has 4 N–H and O–H groups in total. The number of phenolic OH excluding ortho intramolecular Hbond substituents is 1. The third kappa shape index (κ3) is 2.96. The van der Waals surface area contributed by atoms with Gasteiger partial charge in [0.05, 0.1) is 5.56 Å². The van der Waals surface area contributed by atoms with Gasteiger partial charge in [0.2, 0.25) is 5.91 Å². The van der Waals surface area contributed by atoms with Crippen LogP contribution in [-0.4, -0.2) is 33.8 Å². The summed E-state index contributed by atoms with van der Waals surface area (Å²) in [6, 6.07) is 3.83. The summed E-state index contributed by atoms with van der Waals surface area (Å²) in [6.45, 7) is -0.665. The van der Waals surface area contributed by atoms with Crippen molar-refractivity contribution in [1.82, 2.24) is 5.32 Å². The topological polar surface area (TPSA) is 107 Å². The van der Waals surface area contributed by atoms with Crippen LogP contribution in [-0.2, 0) is 11.3 Å². The smallest absolute Gasteiger partial charge is 0.336 e. The second-order valence-corrected chi connectivity index (χ2v) is 3.08. The van der Waals surface area contributed by atoms with Crippen LogP contribution >= 0.6 is 0 Å². The van der Waals surface area contributed by atoms with Crippen molar-refractivity contribution in [3.8, 4) is 5.75 Å². The van der Waals surface area contributed by atoms with E-state index in [4.69, 9.17) is 15.3 Å². The van der Waals surface area contributed by atoms with Crippen LogP contribution in [0.4, 0.5) is 0 Å². The first-order valence-corrected chi connectivity index (χ1v) is 4.47. The van der Waals surface area contributed by atoms with E-state index >= 15 is 0 Å². The molecule has 0 atom stereocenters. The summed E-state index contributed by atoms with van der Waals surface area (Å²) in [6.07, 6.45) is 0. The molecule has 0 fully saturated rings. The normalized spacial score (nSPS) is 9.81. The number of aromatic carboxylic acids is 1. The Bertz CT molecular complexity index is 416. The van der Waals surface area contributed by atoms with Crippen molar-refractivity contribution in [3.63, 3.8) is 0 Å². The number of nitrogens with one attached hydrogen (secondary N) is 1. The van der Waals surface area contributed by atoms with Crippen LogP contribution in [0, 0.1) is 0 Å². The zero-order chi connectivity index (χ0) is 12.1. The lowest BCUT2D eigenvalue weighted by Crippen LogP contribution is -2.26. The fourth-order valence-corrected chi connectivity index (χ4v) is 1.17. The van der Waals surface area contributed by atoms with Crippen LogP contribution in [0.2, 0.25) is 0 Å². The van der Waals surface area contributed by atoms with Crippen LogP contribution in [0.5, 0.6) is 5.75 Å². The maximum absolute atomic E-state index is 10.8. The van der Waals surface area contributed by atoms with E-state index in [1.54, 1.807) is 0 Å². The molecule has 6 nitrogen and oxygen atoms in total. The van der Waals surface area contributed by atoms with Gasteiger partial charge in [-0.2, -0.15) is 0 Å². The standard InChI is InChI=1S/C10H11NO5/c12-5-9(14)11-4-6-1-2-7(13)3-8(6)10(15)16/h1-3,12-13H,4-5H2,(H,11,14)(H,15,16). The molecule has 86 valence electrons. The molecular formula is C10H11NO5. The van der Waals surface area contributed by atoms with Gasteiger partial charge in [-0.25, -0.2) is 4.79 Å². The fraction of sp³-hybridized carbons (Fsp3) is 0.200. The lowest BCUT2D eigenvalue weighted by molar-refractivity contribution is -0.123. The first kappa shape index (κ1) is 12.0. The second-order valence-electron chi connectivity index (χ2n) is 3.08. The number of rotatable bonds is 4. The lowest BCUT2D eigenvalue weighted by atomic mass is 10.1. The number of hydrogen-bond acceptors (Lipinski definition) is 4. The largest absolute Gasteiger partial charge is 0.508 e. The fourth-order valence-electron chi connectivity index (χ4n) is 1.17. The van der Waals surface area contributed by atoms with Crippen molar-refractivity contribution < 1.29 is 24.9 Å². The van der Waals surface area contributed by atoms with E-state index in [1.165, 1.54) is 12.1 Å². The van der Waals surface area contributed by atoms with Gasteiger partial charge in [-0.1, -0.05) is 6.07 Å². The number of phenols is 1. The third-order valence-corrected chi connectivity index (χ3v) is 1.94. The third-order valence-electron chi connectivity index (χ3n) is 1.94. The van der Waals surface area contributed by atoms with Crippen molar-refractivity contribution in [1.29, 1.82) is 0 Å². The van der Waals surface area contributed by atoms with Gasteiger partial charge in [-0.15, -0.1) is 0 Å². The molecule has 1 rings (SSSR count). The zero-order valence-corrected chi connectivity index (χ0v) is 8.30. The Balaban J connectivity index is 2.87. The Morgan fingerprint density at radius 1 is 1.31 bits per heavy atom. The molecule has 0 bridgehead atoms. The van der Waals surface area contributed by atoms with Gasteiger partial charge in [0.1, 0.15) is 12.4 Å².